The van der Waals surface area contributed by atoms with Crippen molar-refractivity contribution >= 4 is 29.1 Å². The van der Waals surface area contributed by atoms with E-state index in [1.54, 1.807) is 19.2 Å². The molecule has 1 saturated heterocycles. The van der Waals surface area contributed by atoms with Crippen molar-refractivity contribution in [2.24, 2.45) is 7.05 Å². The normalized spacial score (nSPS) is 17.7. The lowest BCUT2D eigenvalue weighted by Gasteiger charge is -2.21. The maximum absolute atomic E-state index is 12.7. The number of nitrogens with zero attached hydrogens (tertiary/aromatic N) is 2. The quantitative estimate of drug-likeness (QED) is 0.465. The van der Waals surface area contributed by atoms with Crippen LogP contribution in [-0.4, -0.2) is 33.8 Å². The van der Waals surface area contributed by atoms with E-state index in [2.05, 4.69) is 5.32 Å². The number of aryl methyl sites for hydroxylation is 1. The number of benzene rings is 1. The highest BCUT2D eigenvalue weighted by atomic mass is 16.5. The SMILES string of the molecule is Cn1c(=O)n(C2CCC(=O)NC2=O)c2cccc(COCCC=O)c21. The number of aldehydes is 1. The van der Waals surface area contributed by atoms with Crippen molar-refractivity contribution in [1.29, 1.82) is 0 Å². The van der Waals surface area contributed by atoms with E-state index in [4.69, 9.17) is 4.74 Å². The standard InChI is InChI=1S/C17H19N3O5/c1-19-15-11(10-25-9-3-8-21)4-2-5-12(15)20(17(19)24)13-6-7-14(22)18-16(13)23/h2,4-5,8,13H,3,6-7,9-10H2,1H3,(H,18,22,23). The molecule has 132 valence electrons. The van der Waals surface area contributed by atoms with Crippen LogP contribution in [0.2, 0.25) is 0 Å². The number of amides is 2. The summed E-state index contributed by atoms with van der Waals surface area (Å²) in [6.07, 6.45) is 1.60. The van der Waals surface area contributed by atoms with Crippen LogP contribution < -0.4 is 11.0 Å². The number of hydrogen-bond donors (Lipinski definition) is 1. The van der Waals surface area contributed by atoms with Crippen LogP contribution in [0.5, 0.6) is 0 Å². The molecule has 1 fully saturated rings. The van der Waals surface area contributed by atoms with Crippen molar-refractivity contribution < 1.29 is 19.1 Å². The summed E-state index contributed by atoms with van der Waals surface area (Å²) in [7, 11) is 1.64. The molecule has 2 aromatic rings. The van der Waals surface area contributed by atoms with Gasteiger partial charge in [-0.1, -0.05) is 12.1 Å². The van der Waals surface area contributed by atoms with Crippen molar-refractivity contribution in [3.8, 4) is 0 Å². The van der Waals surface area contributed by atoms with Crippen LogP contribution in [0.1, 0.15) is 30.9 Å². The molecule has 1 unspecified atom stereocenters. The number of para-hydroxylation sites is 1. The van der Waals surface area contributed by atoms with E-state index in [1.165, 1.54) is 9.13 Å². The Hall–Kier alpha value is -2.74. The first-order chi connectivity index (χ1) is 12.0. The van der Waals surface area contributed by atoms with E-state index in [0.29, 0.717) is 30.5 Å². The molecule has 1 aliphatic rings. The first-order valence-electron chi connectivity index (χ1n) is 8.08. The lowest BCUT2D eigenvalue weighted by atomic mass is 10.1. The van der Waals surface area contributed by atoms with Gasteiger partial charge >= 0.3 is 5.69 Å². The summed E-state index contributed by atoms with van der Waals surface area (Å²) < 4.78 is 8.39. The summed E-state index contributed by atoms with van der Waals surface area (Å²) in [5.74, 6) is -0.780. The molecular formula is C17H19N3O5. The fourth-order valence-corrected chi connectivity index (χ4v) is 3.18. The zero-order chi connectivity index (χ0) is 18.0. The predicted molar refractivity (Wildman–Crippen MR) is 88.9 cm³/mol. The monoisotopic (exact) mass is 345 g/mol. The molecule has 0 bridgehead atoms. The number of nitrogens with one attached hydrogen (secondary N) is 1. The topological polar surface area (TPSA) is 99.4 Å². The van der Waals surface area contributed by atoms with E-state index in [0.717, 1.165) is 11.8 Å². The molecule has 8 nitrogen and oxygen atoms in total. The number of fused-ring (bicyclic) bond motifs is 1. The van der Waals surface area contributed by atoms with Crippen molar-refractivity contribution in [3.63, 3.8) is 0 Å². The molecule has 8 heteroatoms. The highest BCUT2D eigenvalue weighted by Gasteiger charge is 2.31. The third-order valence-corrected chi connectivity index (χ3v) is 4.35. The van der Waals surface area contributed by atoms with Gasteiger partial charge in [0.2, 0.25) is 11.8 Å². The van der Waals surface area contributed by atoms with Crippen LogP contribution in [0, 0.1) is 0 Å². The van der Waals surface area contributed by atoms with E-state index >= 15 is 0 Å². The molecule has 1 aromatic heterocycles. The second-order valence-electron chi connectivity index (χ2n) is 5.97. The van der Waals surface area contributed by atoms with Crippen molar-refractivity contribution in [3.05, 3.63) is 34.2 Å². The van der Waals surface area contributed by atoms with Crippen molar-refractivity contribution in [2.45, 2.75) is 31.9 Å². The average Bonchev–Trinajstić information content (AvgIpc) is 2.84. The van der Waals surface area contributed by atoms with Crippen LogP contribution in [0.4, 0.5) is 0 Å². The first kappa shape index (κ1) is 17.1. The summed E-state index contributed by atoms with van der Waals surface area (Å²) in [5, 5.41) is 2.29. The summed E-state index contributed by atoms with van der Waals surface area (Å²) in [6, 6.07) is 4.70. The number of rotatable bonds is 6. The van der Waals surface area contributed by atoms with Gasteiger partial charge in [0.15, 0.2) is 0 Å². The van der Waals surface area contributed by atoms with Crippen molar-refractivity contribution in [2.75, 3.05) is 6.61 Å². The fourth-order valence-electron chi connectivity index (χ4n) is 3.18. The summed E-state index contributed by atoms with van der Waals surface area (Å²) in [4.78, 5) is 46.6. The minimum Gasteiger partial charge on any atom is -0.376 e. The molecule has 3 rings (SSSR count). The van der Waals surface area contributed by atoms with Crippen LogP contribution in [0.3, 0.4) is 0 Å². The Morgan fingerprint density at radius 1 is 1.32 bits per heavy atom. The summed E-state index contributed by atoms with van der Waals surface area (Å²) in [6.45, 7) is 0.569. The Bertz CT molecular complexity index is 896. The molecule has 2 heterocycles. The van der Waals surface area contributed by atoms with Crippen LogP contribution in [0.15, 0.2) is 23.0 Å². The molecule has 1 atom stereocenters. The van der Waals surface area contributed by atoms with Gasteiger partial charge < -0.3 is 9.53 Å². The van der Waals surface area contributed by atoms with Gasteiger partial charge in [-0.3, -0.25) is 24.0 Å². The Balaban J connectivity index is 2.02. The van der Waals surface area contributed by atoms with Gasteiger partial charge in [-0.05, 0) is 12.5 Å². The van der Waals surface area contributed by atoms with Crippen molar-refractivity contribution in [1.82, 2.24) is 14.5 Å². The van der Waals surface area contributed by atoms with E-state index < -0.39 is 11.9 Å². The second kappa shape index (κ2) is 7.02. The molecule has 0 aliphatic carbocycles. The Kier molecular flexibility index (Phi) is 4.80. The summed E-state index contributed by atoms with van der Waals surface area (Å²) in [5.41, 5.74) is 1.79. The van der Waals surface area contributed by atoms with E-state index in [-0.39, 0.29) is 24.6 Å². The highest BCUT2D eigenvalue weighted by molar-refractivity contribution is 6.00. The number of aromatic nitrogens is 2. The van der Waals surface area contributed by atoms with Gasteiger partial charge in [-0.2, -0.15) is 0 Å². The van der Waals surface area contributed by atoms with E-state index in [1.807, 2.05) is 6.07 Å². The molecule has 0 spiro atoms. The summed E-state index contributed by atoms with van der Waals surface area (Å²) >= 11 is 0. The van der Waals surface area contributed by atoms with Gasteiger partial charge in [0.25, 0.3) is 0 Å². The van der Waals surface area contributed by atoms with Gasteiger partial charge in [0.05, 0.1) is 24.2 Å². The predicted octanol–water partition coefficient (Wildman–Crippen LogP) is 0.423. The lowest BCUT2D eigenvalue weighted by molar-refractivity contribution is -0.135. The molecule has 0 saturated carbocycles. The first-order valence-corrected chi connectivity index (χ1v) is 8.08. The van der Waals surface area contributed by atoms with Gasteiger partial charge in [-0.15, -0.1) is 0 Å². The molecule has 1 aliphatic heterocycles. The number of ether oxygens (including phenoxy) is 1. The maximum atomic E-state index is 12.7. The number of hydrogen-bond acceptors (Lipinski definition) is 5. The number of imide groups is 1. The van der Waals surface area contributed by atoms with Crippen LogP contribution in [0.25, 0.3) is 11.0 Å². The largest absolute Gasteiger partial charge is 0.376 e. The Labute approximate surface area is 143 Å². The smallest absolute Gasteiger partial charge is 0.329 e. The third-order valence-electron chi connectivity index (χ3n) is 4.35. The lowest BCUT2D eigenvalue weighted by Crippen LogP contribution is -2.44. The zero-order valence-electron chi connectivity index (χ0n) is 13.9. The van der Waals surface area contributed by atoms with Crippen LogP contribution >= 0.6 is 0 Å². The average molecular weight is 345 g/mol. The molecular weight excluding hydrogens is 326 g/mol. The van der Waals surface area contributed by atoms with Gasteiger partial charge in [-0.25, -0.2) is 4.79 Å². The highest BCUT2D eigenvalue weighted by Crippen LogP contribution is 2.25. The molecule has 2 amide bonds. The maximum Gasteiger partial charge on any atom is 0.329 e. The molecule has 0 radical (unpaired) electrons. The second-order valence-corrected chi connectivity index (χ2v) is 5.97. The van der Waals surface area contributed by atoms with Crippen LogP contribution in [-0.2, 0) is 32.8 Å². The Morgan fingerprint density at radius 3 is 2.84 bits per heavy atom. The fraction of sp³-hybridized carbons (Fsp3) is 0.412. The van der Waals surface area contributed by atoms with Gasteiger partial charge in [0.1, 0.15) is 12.3 Å². The number of carbonyl (C=O) groups excluding carboxylic acids is 3. The molecule has 1 aromatic carbocycles. The minimum atomic E-state index is -0.708. The number of carbonyl (C=O) groups is 3. The molecule has 1 N–H and O–H groups in total. The number of imidazole rings is 1. The zero-order valence-corrected chi connectivity index (χ0v) is 13.9. The Morgan fingerprint density at radius 2 is 2.12 bits per heavy atom. The minimum absolute atomic E-state index is 0.202. The molecule has 25 heavy (non-hydrogen) atoms. The number of piperidine rings is 1. The third kappa shape index (κ3) is 3.12. The van der Waals surface area contributed by atoms with E-state index in [9.17, 15) is 19.2 Å². The van der Waals surface area contributed by atoms with Gasteiger partial charge in [0, 0.05) is 25.5 Å².